The Hall–Kier alpha value is -4.32. The molecule has 1 amide bonds. The molecular weight excluding hydrogens is 527 g/mol. The second kappa shape index (κ2) is 11.0. The fraction of sp³-hybridized carbons (Fsp3) is 0.393. The first-order chi connectivity index (χ1) is 19.1. The largest absolute Gasteiger partial charge is 0.469 e. The van der Waals surface area contributed by atoms with Crippen molar-refractivity contribution in [1.29, 1.82) is 0 Å². The minimum Gasteiger partial charge on any atom is -0.469 e. The molecule has 0 bridgehead atoms. The SMILES string of the molecule is CCOC(=O)C1(C(=O)OCC)N[C@@]2(C(=O)N(Cc3ccccc3)c3cc(F)ccc32)[C@H](C(=O)OC)[C@@H]1C(=O)OC. The molecule has 1 N–H and O–H groups in total. The van der Waals surface area contributed by atoms with Crippen LogP contribution in [0.25, 0.3) is 0 Å². The highest BCUT2D eigenvalue weighted by molar-refractivity contribution is 6.17. The number of esters is 4. The van der Waals surface area contributed by atoms with Crippen LogP contribution in [0.5, 0.6) is 0 Å². The van der Waals surface area contributed by atoms with E-state index in [-0.39, 0.29) is 31.0 Å². The summed E-state index contributed by atoms with van der Waals surface area (Å²) in [7, 11) is 2.04. The van der Waals surface area contributed by atoms with Gasteiger partial charge in [-0.2, -0.15) is 0 Å². The third-order valence-electron chi connectivity index (χ3n) is 7.21. The summed E-state index contributed by atoms with van der Waals surface area (Å²) in [5.74, 6) is -10.1. The van der Waals surface area contributed by atoms with Gasteiger partial charge in [-0.15, -0.1) is 0 Å². The van der Waals surface area contributed by atoms with E-state index in [1.807, 2.05) is 0 Å². The topological polar surface area (TPSA) is 138 Å². The molecule has 212 valence electrons. The van der Waals surface area contributed by atoms with Crippen molar-refractivity contribution >= 4 is 35.5 Å². The van der Waals surface area contributed by atoms with E-state index < -0.39 is 58.5 Å². The minimum absolute atomic E-state index is 0.0506. The van der Waals surface area contributed by atoms with E-state index in [2.05, 4.69) is 5.32 Å². The predicted octanol–water partition coefficient (Wildman–Crippen LogP) is 1.61. The number of nitrogens with one attached hydrogen (secondary N) is 1. The fourth-order valence-electron chi connectivity index (χ4n) is 5.62. The molecular formula is C28H29FN2O9. The lowest BCUT2D eigenvalue weighted by Crippen LogP contribution is -2.65. The lowest BCUT2D eigenvalue weighted by atomic mass is 9.72. The Morgan fingerprint density at radius 2 is 1.48 bits per heavy atom. The van der Waals surface area contributed by atoms with E-state index in [1.54, 1.807) is 30.3 Å². The summed E-state index contributed by atoms with van der Waals surface area (Å²) in [5, 5.41) is 2.76. The van der Waals surface area contributed by atoms with Crippen molar-refractivity contribution in [1.82, 2.24) is 5.32 Å². The van der Waals surface area contributed by atoms with Gasteiger partial charge >= 0.3 is 23.9 Å². The van der Waals surface area contributed by atoms with Crippen LogP contribution in [-0.2, 0) is 55.0 Å². The van der Waals surface area contributed by atoms with Crippen LogP contribution >= 0.6 is 0 Å². The van der Waals surface area contributed by atoms with Gasteiger partial charge in [0.25, 0.3) is 5.91 Å². The number of ether oxygens (including phenoxy) is 4. The molecule has 3 atom stereocenters. The average molecular weight is 557 g/mol. The summed E-state index contributed by atoms with van der Waals surface area (Å²) in [4.78, 5) is 69.9. The van der Waals surface area contributed by atoms with Gasteiger partial charge in [0.2, 0.25) is 5.54 Å². The number of rotatable bonds is 8. The Bertz CT molecular complexity index is 1330. The van der Waals surface area contributed by atoms with Crippen molar-refractivity contribution in [3.05, 3.63) is 65.5 Å². The van der Waals surface area contributed by atoms with Crippen LogP contribution in [0.15, 0.2) is 48.5 Å². The normalized spacial score (nSPS) is 22.5. The number of carbonyl (C=O) groups excluding carboxylic acids is 5. The van der Waals surface area contributed by atoms with Gasteiger partial charge in [0, 0.05) is 5.56 Å². The van der Waals surface area contributed by atoms with Gasteiger partial charge in [0.1, 0.15) is 23.2 Å². The van der Waals surface area contributed by atoms with Gasteiger partial charge < -0.3 is 23.8 Å². The maximum atomic E-state index is 14.6. The van der Waals surface area contributed by atoms with Gasteiger partial charge in [-0.25, -0.2) is 14.0 Å². The van der Waals surface area contributed by atoms with E-state index >= 15 is 0 Å². The van der Waals surface area contributed by atoms with Crippen LogP contribution in [0.3, 0.4) is 0 Å². The highest BCUT2D eigenvalue weighted by Crippen LogP contribution is 2.56. The monoisotopic (exact) mass is 556 g/mol. The second-order valence-electron chi connectivity index (χ2n) is 9.22. The van der Waals surface area contributed by atoms with Gasteiger partial charge in [-0.05, 0) is 31.5 Å². The molecule has 12 heteroatoms. The Balaban J connectivity index is 2.05. The summed E-state index contributed by atoms with van der Waals surface area (Å²) in [6, 6.07) is 12.2. The van der Waals surface area contributed by atoms with Gasteiger partial charge in [-0.1, -0.05) is 36.4 Å². The van der Waals surface area contributed by atoms with Gasteiger partial charge in [0.15, 0.2) is 0 Å². The third kappa shape index (κ3) is 4.19. The van der Waals surface area contributed by atoms with Gasteiger partial charge in [0.05, 0.1) is 39.7 Å². The molecule has 0 saturated carbocycles. The number of hydrogen-bond donors (Lipinski definition) is 1. The van der Waals surface area contributed by atoms with Crippen LogP contribution < -0.4 is 10.2 Å². The molecule has 4 rings (SSSR count). The zero-order chi connectivity index (χ0) is 29.2. The molecule has 2 aromatic rings. The van der Waals surface area contributed by atoms with E-state index in [0.29, 0.717) is 5.56 Å². The van der Waals surface area contributed by atoms with Crippen LogP contribution in [-0.4, -0.2) is 62.8 Å². The van der Waals surface area contributed by atoms with E-state index in [9.17, 15) is 28.4 Å². The number of anilines is 1. The number of hydrogen-bond acceptors (Lipinski definition) is 10. The van der Waals surface area contributed by atoms with E-state index in [4.69, 9.17) is 18.9 Å². The molecule has 2 aliphatic heterocycles. The number of carbonyl (C=O) groups is 5. The predicted molar refractivity (Wildman–Crippen MR) is 136 cm³/mol. The first-order valence-electron chi connectivity index (χ1n) is 12.6. The summed E-state index contributed by atoms with van der Waals surface area (Å²) in [5.41, 5.74) is -4.15. The Labute approximate surface area is 229 Å². The van der Waals surface area contributed by atoms with Crippen molar-refractivity contribution in [3.63, 3.8) is 0 Å². The first kappa shape index (κ1) is 28.7. The molecule has 2 heterocycles. The van der Waals surface area contributed by atoms with Crippen LogP contribution in [0, 0.1) is 17.7 Å². The minimum atomic E-state index is -2.69. The molecule has 0 unspecified atom stereocenters. The maximum Gasteiger partial charge on any atom is 0.339 e. The zero-order valence-electron chi connectivity index (χ0n) is 22.4. The van der Waals surface area contributed by atoms with E-state index in [0.717, 1.165) is 26.4 Å². The molecule has 2 aliphatic rings. The Kier molecular flexibility index (Phi) is 7.92. The highest BCUT2D eigenvalue weighted by Gasteiger charge is 2.79. The molecule has 0 radical (unpaired) electrons. The lowest BCUT2D eigenvalue weighted by molar-refractivity contribution is -0.175. The molecule has 0 aromatic heterocycles. The molecule has 1 saturated heterocycles. The standard InChI is InChI=1S/C28H29FN2O9/c1-5-39-25(35)28(26(36)40-6-2)21(23(33)38-4)20(22(32)37-3)27(30-28)18-13-12-17(29)14-19(18)31(24(27)34)15-16-10-8-7-9-11-16/h7-14,20-21,30H,5-6,15H2,1-4H3/t20-,21+,27+/m0/s1. The van der Waals surface area contributed by atoms with Crippen molar-refractivity contribution in [2.24, 2.45) is 11.8 Å². The van der Waals surface area contributed by atoms with Crippen molar-refractivity contribution in [2.45, 2.75) is 31.5 Å². The van der Waals surface area contributed by atoms with Crippen molar-refractivity contribution in [3.8, 4) is 0 Å². The summed E-state index contributed by atoms with van der Waals surface area (Å²) in [6.07, 6.45) is 0. The van der Waals surface area contributed by atoms with Crippen LogP contribution in [0.1, 0.15) is 25.0 Å². The molecule has 11 nitrogen and oxygen atoms in total. The number of amides is 1. The average Bonchev–Trinajstić information content (AvgIpc) is 3.39. The molecule has 1 fully saturated rings. The summed E-state index contributed by atoms with van der Waals surface area (Å²) in [6.45, 7) is 2.49. The molecule has 1 spiro atoms. The maximum absolute atomic E-state index is 14.6. The number of benzene rings is 2. The molecule has 0 aliphatic carbocycles. The Morgan fingerprint density at radius 3 is 2.02 bits per heavy atom. The first-order valence-corrected chi connectivity index (χ1v) is 12.6. The quantitative estimate of drug-likeness (QED) is 0.290. The summed E-state index contributed by atoms with van der Waals surface area (Å²) < 4.78 is 35.0. The van der Waals surface area contributed by atoms with Crippen molar-refractivity contribution in [2.75, 3.05) is 32.3 Å². The Morgan fingerprint density at radius 1 is 0.900 bits per heavy atom. The number of methoxy groups -OCH3 is 2. The van der Waals surface area contributed by atoms with E-state index in [1.165, 1.54) is 24.8 Å². The zero-order valence-corrected chi connectivity index (χ0v) is 22.4. The second-order valence-corrected chi connectivity index (χ2v) is 9.22. The van der Waals surface area contributed by atoms with Crippen LogP contribution in [0.4, 0.5) is 10.1 Å². The highest BCUT2D eigenvalue weighted by atomic mass is 19.1. The smallest absolute Gasteiger partial charge is 0.339 e. The van der Waals surface area contributed by atoms with Gasteiger partial charge in [-0.3, -0.25) is 19.7 Å². The molecule has 40 heavy (non-hydrogen) atoms. The number of fused-ring (bicyclic) bond motifs is 2. The van der Waals surface area contributed by atoms with Crippen LogP contribution in [0.2, 0.25) is 0 Å². The number of nitrogens with zero attached hydrogens (tertiary/aromatic N) is 1. The van der Waals surface area contributed by atoms with Crippen molar-refractivity contribution < 1.29 is 47.3 Å². The fourth-order valence-corrected chi connectivity index (χ4v) is 5.62. The lowest BCUT2D eigenvalue weighted by Gasteiger charge is -2.31. The number of halogens is 1. The molecule has 2 aromatic carbocycles. The summed E-state index contributed by atoms with van der Waals surface area (Å²) >= 11 is 0. The third-order valence-corrected chi connectivity index (χ3v) is 7.21.